The van der Waals surface area contributed by atoms with Gasteiger partial charge in [-0.15, -0.1) is 0 Å². The highest BCUT2D eigenvalue weighted by Gasteiger charge is 2.10. The zero-order chi connectivity index (χ0) is 10.7. The second-order valence-corrected chi connectivity index (χ2v) is 5.37. The summed E-state index contributed by atoms with van der Waals surface area (Å²) >= 11 is 6.90. The van der Waals surface area contributed by atoms with Gasteiger partial charge in [0.05, 0.1) is 5.69 Å². The van der Waals surface area contributed by atoms with Crippen molar-refractivity contribution in [1.82, 2.24) is 10.3 Å². The number of hydrogen-bond donors (Lipinski definition) is 1. The molecule has 15 heavy (non-hydrogen) atoms. The SMILES string of the molecule is Brc1cnc(CNC2CC=CC2)c(Br)c1. The molecule has 4 heteroatoms. The zero-order valence-electron chi connectivity index (χ0n) is 8.21. The summed E-state index contributed by atoms with van der Waals surface area (Å²) in [6.45, 7) is 0.820. The summed E-state index contributed by atoms with van der Waals surface area (Å²) in [5.41, 5.74) is 1.06. The number of rotatable bonds is 3. The summed E-state index contributed by atoms with van der Waals surface area (Å²) in [7, 11) is 0. The van der Waals surface area contributed by atoms with Gasteiger partial charge in [0.1, 0.15) is 0 Å². The molecule has 0 aliphatic heterocycles. The largest absolute Gasteiger partial charge is 0.308 e. The van der Waals surface area contributed by atoms with Crippen molar-refractivity contribution in [1.29, 1.82) is 0 Å². The highest BCUT2D eigenvalue weighted by molar-refractivity contribution is 9.11. The normalized spacial score (nSPS) is 16.1. The van der Waals surface area contributed by atoms with Crippen molar-refractivity contribution >= 4 is 31.9 Å². The maximum Gasteiger partial charge on any atom is 0.0684 e. The second-order valence-electron chi connectivity index (χ2n) is 3.60. The molecule has 1 aliphatic carbocycles. The Bertz CT molecular complexity index is 369. The molecule has 0 atom stereocenters. The monoisotopic (exact) mass is 330 g/mol. The Labute approximate surface area is 106 Å². The van der Waals surface area contributed by atoms with Crippen LogP contribution in [-0.2, 0) is 6.54 Å². The molecular weight excluding hydrogens is 320 g/mol. The molecule has 0 amide bonds. The average Bonchev–Trinajstić information content (AvgIpc) is 2.69. The van der Waals surface area contributed by atoms with Crippen LogP contribution in [0.15, 0.2) is 33.4 Å². The molecule has 0 bridgehead atoms. The molecule has 1 heterocycles. The number of hydrogen-bond acceptors (Lipinski definition) is 2. The molecule has 1 N–H and O–H groups in total. The van der Waals surface area contributed by atoms with Gasteiger partial charge in [-0.3, -0.25) is 4.98 Å². The van der Waals surface area contributed by atoms with Crippen LogP contribution >= 0.6 is 31.9 Å². The highest BCUT2D eigenvalue weighted by atomic mass is 79.9. The Hall–Kier alpha value is -0.190. The molecule has 0 saturated heterocycles. The van der Waals surface area contributed by atoms with Gasteiger partial charge in [0, 0.05) is 27.7 Å². The lowest BCUT2D eigenvalue weighted by atomic mass is 10.2. The lowest BCUT2D eigenvalue weighted by molar-refractivity contribution is 0.532. The second kappa shape index (κ2) is 5.23. The Morgan fingerprint density at radius 2 is 2.07 bits per heavy atom. The van der Waals surface area contributed by atoms with Crippen LogP contribution in [0.1, 0.15) is 18.5 Å². The maximum absolute atomic E-state index is 4.36. The Kier molecular flexibility index (Phi) is 3.94. The standard InChI is InChI=1S/C11H12Br2N2/c12-8-5-10(13)11(15-6-8)7-14-9-3-1-2-4-9/h1-2,5-6,9,14H,3-4,7H2. The first-order valence-corrected chi connectivity index (χ1v) is 6.52. The van der Waals surface area contributed by atoms with E-state index in [1.807, 2.05) is 12.3 Å². The van der Waals surface area contributed by atoms with Gasteiger partial charge in [0.25, 0.3) is 0 Å². The van der Waals surface area contributed by atoms with Crippen LogP contribution in [0.3, 0.4) is 0 Å². The van der Waals surface area contributed by atoms with E-state index >= 15 is 0 Å². The van der Waals surface area contributed by atoms with Crippen molar-refractivity contribution in [2.75, 3.05) is 0 Å². The van der Waals surface area contributed by atoms with E-state index < -0.39 is 0 Å². The summed E-state index contributed by atoms with van der Waals surface area (Å²) in [5.74, 6) is 0. The van der Waals surface area contributed by atoms with Crippen molar-refractivity contribution in [3.05, 3.63) is 39.1 Å². The van der Waals surface area contributed by atoms with E-state index in [2.05, 4.69) is 54.3 Å². The van der Waals surface area contributed by atoms with Gasteiger partial charge in [-0.2, -0.15) is 0 Å². The van der Waals surface area contributed by atoms with E-state index in [1.165, 1.54) is 0 Å². The summed E-state index contributed by atoms with van der Waals surface area (Å²) in [4.78, 5) is 4.36. The molecular formula is C11H12Br2N2. The minimum atomic E-state index is 0.586. The fourth-order valence-corrected chi connectivity index (χ4v) is 2.73. The number of nitrogens with one attached hydrogen (secondary N) is 1. The molecule has 80 valence electrons. The quantitative estimate of drug-likeness (QED) is 0.858. The number of halogens is 2. The van der Waals surface area contributed by atoms with Crippen molar-refractivity contribution < 1.29 is 0 Å². The van der Waals surface area contributed by atoms with Crippen molar-refractivity contribution in [3.63, 3.8) is 0 Å². The minimum Gasteiger partial charge on any atom is -0.308 e. The minimum absolute atomic E-state index is 0.586. The van der Waals surface area contributed by atoms with E-state index in [9.17, 15) is 0 Å². The molecule has 0 spiro atoms. The van der Waals surface area contributed by atoms with Crippen molar-refractivity contribution in [3.8, 4) is 0 Å². The molecule has 1 aromatic rings. The maximum atomic E-state index is 4.36. The third-order valence-electron chi connectivity index (χ3n) is 2.45. The topological polar surface area (TPSA) is 24.9 Å². The first-order chi connectivity index (χ1) is 7.25. The summed E-state index contributed by atoms with van der Waals surface area (Å²) in [5, 5.41) is 3.49. The van der Waals surface area contributed by atoms with Crippen LogP contribution in [0.25, 0.3) is 0 Å². The van der Waals surface area contributed by atoms with Crippen LogP contribution in [0, 0.1) is 0 Å². The molecule has 1 aromatic heterocycles. The lowest BCUT2D eigenvalue weighted by Crippen LogP contribution is -2.26. The Morgan fingerprint density at radius 1 is 1.33 bits per heavy atom. The van der Waals surface area contributed by atoms with Gasteiger partial charge >= 0.3 is 0 Å². The van der Waals surface area contributed by atoms with Gasteiger partial charge in [0.15, 0.2) is 0 Å². The fourth-order valence-electron chi connectivity index (χ4n) is 1.60. The first kappa shape index (κ1) is 11.3. The van der Waals surface area contributed by atoms with E-state index in [4.69, 9.17) is 0 Å². The van der Waals surface area contributed by atoms with Gasteiger partial charge in [-0.1, -0.05) is 12.2 Å². The summed E-state index contributed by atoms with van der Waals surface area (Å²) < 4.78 is 2.05. The molecule has 0 saturated carbocycles. The molecule has 0 unspecified atom stereocenters. The van der Waals surface area contributed by atoms with E-state index in [0.29, 0.717) is 6.04 Å². The van der Waals surface area contributed by atoms with Crippen molar-refractivity contribution in [2.24, 2.45) is 0 Å². The highest BCUT2D eigenvalue weighted by Crippen LogP contribution is 2.20. The van der Waals surface area contributed by atoms with Crippen LogP contribution in [0.2, 0.25) is 0 Å². The Balaban J connectivity index is 1.92. The lowest BCUT2D eigenvalue weighted by Gasteiger charge is -2.12. The summed E-state index contributed by atoms with van der Waals surface area (Å²) in [6.07, 6.45) is 8.54. The van der Waals surface area contributed by atoms with Gasteiger partial charge in [-0.05, 0) is 50.8 Å². The number of aromatic nitrogens is 1. The van der Waals surface area contributed by atoms with Gasteiger partial charge in [-0.25, -0.2) is 0 Å². The third kappa shape index (κ3) is 3.13. The predicted octanol–water partition coefficient (Wildman–Crippen LogP) is 3.41. The number of pyridine rings is 1. The Morgan fingerprint density at radius 3 is 2.73 bits per heavy atom. The molecule has 0 fully saturated rings. The molecule has 0 aromatic carbocycles. The number of nitrogens with zero attached hydrogens (tertiary/aromatic N) is 1. The molecule has 1 aliphatic rings. The summed E-state index contributed by atoms with van der Waals surface area (Å²) in [6, 6.07) is 2.61. The van der Waals surface area contributed by atoms with E-state index in [-0.39, 0.29) is 0 Å². The first-order valence-electron chi connectivity index (χ1n) is 4.94. The van der Waals surface area contributed by atoms with Crippen LogP contribution in [0.5, 0.6) is 0 Å². The average molecular weight is 332 g/mol. The van der Waals surface area contributed by atoms with Gasteiger partial charge in [0.2, 0.25) is 0 Å². The third-order valence-corrected chi connectivity index (χ3v) is 3.57. The van der Waals surface area contributed by atoms with Crippen molar-refractivity contribution in [2.45, 2.75) is 25.4 Å². The molecule has 2 rings (SSSR count). The van der Waals surface area contributed by atoms with Crippen LogP contribution in [-0.4, -0.2) is 11.0 Å². The van der Waals surface area contributed by atoms with Crippen LogP contribution < -0.4 is 5.32 Å². The smallest absolute Gasteiger partial charge is 0.0684 e. The van der Waals surface area contributed by atoms with Crippen LogP contribution in [0.4, 0.5) is 0 Å². The van der Waals surface area contributed by atoms with E-state index in [1.54, 1.807) is 0 Å². The van der Waals surface area contributed by atoms with Gasteiger partial charge < -0.3 is 5.32 Å². The predicted molar refractivity (Wildman–Crippen MR) is 68.6 cm³/mol. The zero-order valence-corrected chi connectivity index (χ0v) is 11.4. The van der Waals surface area contributed by atoms with E-state index in [0.717, 1.165) is 34.0 Å². The fraction of sp³-hybridized carbons (Fsp3) is 0.364. The molecule has 2 nitrogen and oxygen atoms in total. The molecule has 0 radical (unpaired) electrons.